The van der Waals surface area contributed by atoms with Crippen LogP contribution in [-0.4, -0.2) is 48.6 Å². The Bertz CT molecular complexity index is 113. The predicted octanol–water partition coefficient (Wildman–Crippen LogP) is 1.03. The predicted molar refractivity (Wildman–Crippen MR) is 56.9 cm³/mol. The SMILES string of the molecule is CCSC(C)CN1CCNCC1. The second-order valence-electron chi connectivity index (χ2n) is 3.32. The van der Waals surface area contributed by atoms with E-state index in [0.29, 0.717) is 0 Å². The van der Waals surface area contributed by atoms with E-state index in [4.69, 9.17) is 0 Å². The number of hydrogen-bond donors (Lipinski definition) is 1. The minimum atomic E-state index is 0.799. The molecule has 1 N–H and O–H groups in total. The zero-order valence-electron chi connectivity index (χ0n) is 8.18. The second-order valence-corrected chi connectivity index (χ2v) is 5.03. The maximum Gasteiger partial charge on any atom is 0.0146 e. The molecule has 1 aliphatic heterocycles. The third kappa shape index (κ3) is 3.78. The van der Waals surface area contributed by atoms with Crippen molar-refractivity contribution in [3.63, 3.8) is 0 Å². The quantitative estimate of drug-likeness (QED) is 0.709. The van der Waals surface area contributed by atoms with Crippen molar-refractivity contribution in [2.45, 2.75) is 19.1 Å². The number of nitrogens with one attached hydrogen (secondary N) is 1. The van der Waals surface area contributed by atoms with Crippen LogP contribution in [0, 0.1) is 0 Å². The van der Waals surface area contributed by atoms with E-state index in [1.807, 2.05) is 0 Å². The Kier molecular flexibility index (Phi) is 5.04. The summed E-state index contributed by atoms with van der Waals surface area (Å²) in [5.74, 6) is 1.24. The Balaban J connectivity index is 2.11. The maximum absolute atomic E-state index is 3.37. The van der Waals surface area contributed by atoms with E-state index in [2.05, 4.69) is 35.8 Å². The molecule has 1 aliphatic rings. The Hall–Kier alpha value is 0.270. The molecule has 1 heterocycles. The Morgan fingerprint density at radius 2 is 2.08 bits per heavy atom. The lowest BCUT2D eigenvalue weighted by atomic mass is 10.3. The molecule has 12 heavy (non-hydrogen) atoms. The zero-order chi connectivity index (χ0) is 8.81. The van der Waals surface area contributed by atoms with Gasteiger partial charge in [-0.2, -0.15) is 11.8 Å². The normalized spacial score (nSPS) is 22.5. The summed E-state index contributed by atoms with van der Waals surface area (Å²) < 4.78 is 0. The fourth-order valence-corrected chi connectivity index (χ4v) is 2.48. The van der Waals surface area contributed by atoms with Gasteiger partial charge in [0.15, 0.2) is 0 Å². The van der Waals surface area contributed by atoms with Gasteiger partial charge in [-0.1, -0.05) is 13.8 Å². The first-order valence-corrected chi connectivity index (χ1v) is 5.92. The van der Waals surface area contributed by atoms with Gasteiger partial charge in [-0.05, 0) is 5.75 Å². The van der Waals surface area contributed by atoms with Crippen LogP contribution in [0.1, 0.15) is 13.8 Å². The van der Waals surface area contributed by atoms with E-state index in [0.717, 1.165) is 5.25 Å². The highest BCUT2D eigenvalue weighted by Gasteiger charge is 2.12. The van der Waals surface area contributed by atoms with Gasteiger partial charge in [-0.3, -0.25) is 4.90 Å². The van der Waals surface area contributed by atoms with Gasteiger partial charge >= 0.3 is 0 Å². The number of thioether (sulfide) groups is 1. The summed E-state index contributed by atoms with van der Waals surface area (Å²) >= 11 is 2.06. The smallest absolute Gasteiger partial charge is 0.0146 e. The van der Waals surface area contributed by atoms with Gasteiger partial charge in [0.25, 0.3) is 0 Å². The van der Waals surface area contributed by atoms with Crippen molar-refractivity contribution in [3.05, 3.63) is 0 Å². The highest BCUT2D eigenvalue weighted by Crippen LogP contribution is 2.11. The molecule has 1 rings (SSSR count). The first kappa shape index (κ1) is 10.4. The van der Waals surface area contributed by atoms with E-state index < -0.39 is 0 Å². The Morgan fingerprint density at radius 3 is 2.67 bits per heavy atom. The van der Waals surface area contributed by atoms with Crippen LogP contribution in [0.5, 0.6) is 0 Å². The van der Waals surface area contributed by atoms with Crippen molar-refractivity contribution in [1.82, 2.24) is 10.2 Å². The molecule has 0 radical (unpaired) electrons. The summed E-state index contributed by atoms with van der Waals surface area (Å²) in [4.78, 5) is 2.56. The summed E-state index contributed by atoms with van der Waals surface area (Å²) in [5.41, 5.74) is 0. The van der Waals surface area contributed by atoms with Crippen LogP contribution in [0.4, 0.5) is 0 Å². The highest BCUT2D eigenvalue weighted by molar-refractivity contribution is 7.99. The Labute approximate surface area is 80.1 Å². The molecule has 72 valence electrons. The summed E-state index contributed by atoms with van der Waals surface area (Å²) in [7, 11) is 0. The molecular weight excluding hydrogens is 168 g/mol. The maximum atomic E-state index is 3.37. The summed E-state index contributed by atoms with van der Waals surface area (Å²) in [6, 6.07) is 0. The molecule has 3 heteroatoms. The first-order chi connectivity index (χ1) is 5.83. The van der Waals surface area contributed by atoms with Crippen molar-refractivity contribution in [2.24, 2.45) is 0 Å². The first-order valence-electron chi connectivity index (χ1n) is 4.87. The number of nitrogens with zero attached hydrogens (tertiary/aromatic N) is 1. The lowest BCUT2D eigenvalue weighted by Crippen LogP contribution is -2.45. The second kappa shape index (κ2) is 5.84. The molecule has 0 spiro atoms. The number of rotatable bonds is 4. The summed E-state index contributed by atoms with van der Waals surface area (Å²) in [6.07, 6.45) is 0. The van der Waals surface area contributed by atoms with Crippen LogP contribution in [0.3, 0.4) is 0 Å². The topological polar surface area (TPSA) is 15.3 Å². The van der Waals surface area contributed by atoms with Gasteiger partial charge in [0.05, 0.1) is 0 Å². The molecule has 1 fully saturated rings. The van der Waals surface area contributed by atoms with Crippen LogP contribution >= 0.6 is 11.8 Å². The van der Waals surface area contributed by atoms with Crippen LogP contribution < -0.4 is 5.32 Å². The van der Waals surface area contributed by atoms with Crippen molar-refractivity contribution in [3.8, 4) is 0 Å². The molecule has 1 saturated heterocycles. The molecular formula is C9H20N2S. The summed E-state index contributed by atoms with van der Waals surface area (Å²) in [5, 5.41) is 4.17. The molecule has 0 aromatic heterocycles. The highest BCUT2D eigenvalue weighted by atomic mass is 32.2. The third-order valence-electron chi connectivity index (χ3n) is 2.18. The molecule has 0 aliphatic carbocycles. The largest absolute Gasteiger partial charge is 0.314 e. The van der Waals surface area contributed by atoms with Gasteiger partial charge < -0.3 is 5.32 Å². The van der Waals surface area contributed by atoms with Gasteiger partial charge in [-0.15, -0.1) is 0 Å². The number of hydrogen-bond acceptors (Lipinski definition) is 3. The van der Waals surface area contributed by atoms with Gasteiger partial charge in [0, 0.05) is 38.0 Å². The minimum Gasteiger partial charge on any atom is -0.314 e. The van der Waals surface area contributed by atoms with Crippen molar-refractivity contribution in [2.75, 3.05) is 38.5 Å². The zero-order valence-corrected chi connectivity index (χ0v) is 8.99. The molecule has 0 aromatic carbocycles. The standard InChI is InChI=1S/C9H20N2S/c1-3-12-9(2)8-11-6-4-10-5-7-11/h9-10H,3-8H2,1-2H3. The van der Waals surface area contributed by atoms with Crippen molar-refractivity contribution in [1.29, 1.82) is 0 Å². The minimum absolute atomic E-state index is 0.799. The average molecular weight is 188 g/mol. The van der Waals surface area contributed by atoms with Crippen molar-refractivity contribution < 1.29 is 0 Å². The summed E-state index contributed by atoms with van der Waals surface area (Å²) in [6.45, 7) is 10.6. The van der Waals surface area contributed by atoms with E-state index in [-0.39, 0.29) is 0 Å². The van der Waals surface area contributed by atoms with E-state index in [9.17, 15) is 0 Å². The lowest BCUT2D eigenvalue weighted by molar-refractivity contribution is 0.244. The molecule has 0 saturated carbocycles. The average Bonchev–Trinajstić information content (AvgIpc) is 2.06. The third-order valence-corrected chi connectivity index (χ3v) is 3.23. The molecule has 0 amide bonds. The molecule has 0 aromatic rings. The van der Waals surface area contributed by atoms with Crippen LogP contribution in [0.2, 0.25) is 0 Å². The Morgan fingerprint density at radius 1 is 1.42 bits per heavy atom. The monoisotopic (exact) mass is 188 g/mol. The van der Waals surface area contributed by atoms with Gasteiger partial charge in [0.2, 0.25) is 0 Å². The van der Waals surface area contributed by atoms with Crippen LogP contribution in [-0.2, 0) is 0 Å². The molecule has 0 bridgehead atoms. The van der Waals surface area contributed by atoms with Crippen LogP contribution in [0.25, 0.3) is 0 Å². The molecule has 1 unspecified atom stereocenters. The van der Waals surface area contributed by atoms with Crippen molar-refractivity contribution >= 4 is 11.8 Å². The molecule has 1 atom stereocenters. The van der Waals surface area contributed by atoms with Gasteiger partial charge in [0.1, 0.15) is 0 Å². The van der Waals surface area contributed by atoms with Crippen LogP contribution in [0.15, 0.2) is 0 Å². The fourth-order valence-electron chi connectivity index (χ4n) is 1.59. The lowest BCUT2D eigenvalue weighted by Gasteiger charge is -2.29. The number of piperazine rings is 1. The van der Waals surface area contributed by atoms with E-state index in [1.165, 1.54) is 38.5 Å². The fraction of sp³-hybridized carbons (Fsp3) is 1.00. The molecule has 2 nitrogen and oxygen atoms in total. The van der Waals surface area contributed by atoms with E-state index >= 15 is 0 Å². The van der Waals surface area contributed by atoms with E-state index in [1.54, 1.807) is 0 Å². The van der Waals surface area contributed by atoms with Gasteiger partial charge in [-0.25, -0.2) is 0 Å².